The normalized spacial score (nSPS) is 9.08. The molecule has 0 saturated heterocycles. The number of pyridine rings is 1. The highest BCUT2D eigenvalue weighted by molar-refractivity contribution is 5.36. The van der Waals surface area contributed by atoms with E-state index in [1.54, 1.807) is 13.3 Å². The third kappa shape index (κ3) is 1.54. The van der Waals surface area contributed by atoms with Crippen molar-refractivity contribution < 1.29 is 4.74 Å². The average Bonchev–Trinajstić information content (AvgIpc) is 2.16. The van der Waals surface area contributed by atoms with E-state index in [1.165, 1.54) is 0 Å². The number of rotatable bonds is 2. The summed E-state index contributed by atoms with van der Waals surface area (Å²) >= 11 is 0. The first kappa shape index (κ1) is 8.54. The molecule has 0 aliphatic carbocycles. The molecule has 1 aromatic heterocycles. The summed E-state index contributed by atoms with van der Waals surface area (Å²) in [6.07, 6.45) is 2.35. The lowest BCUT2D eigenvalue weighted by atomic mass is 10.1. The average molecular weight is 162 g/mol. The topological polar surface area (TPSA) is 45.9 Å². The Labute approximate surface area is 71.6 Å². The van der Waals surface area contributed by atoms with Gasteiger partial charge in [0.2, 0.25) is 0 Å². The first-order valence-electron chi connectivity index (χ1n) is 3.74. The van der Waals surface area contributed by atoms with Crippen LogP contribution in [-0.4, -0.2) is 12.1 Å². The van der Waals surface area contributed by atoms with E-state index in [2.05, 4.69) is 4.98 Å². The van der Waals surface area contributed by atoms with Gasteiger partial charge in [-0.2, -0.15) is 5.26 Å². The van der Waals surface area contributed by atoms with Crippen molar-refractivity contribution in [3.8, 4) is 11.8 Å². The Hall–Kier alpha value is -1.56. The third-order valence-electron chi connectivity index (χ3n) is 1.66. The second-order valence-electron chi connectivity index (χ2n) is 2.35. The molecule has 0 N–H and O–H groups in total. The number of methoxy groups -OCH3 is 1. The fourth-order valence-electron chi connectivity index (χ4n) is 0.970. The standard InChI is InChI=1S/C9H10N2O/c1-3-7-4-8(12-2)6-11-9(7)5-10/h4,6H,3H2,1-2H3. The SMILES string of the molecule is CCc1cc(OC)cnc1C#N. The molecule has 12 heavy (non-hydrogen) atoms. The largest absolute Gasteiger partial charge is 0.495 e. The number of nitrogens with zero attached hydrogens (tertiary/aromatic N) is 2. The number of nitriles is 1. The molecule has 0 bridgehead atoms. The van der Waals surface area contributed by atoms with Crippen LogP contribution < -0.4 is 4.74 Å². The number of hydrogen-bond donors (Lipinski definition) is 0. The molecule has 0 spiro atoms. The van der Waals surface area contributed by atoms with Gasteiger partial charge in [-0.25, -0.2) is 4.98 Å². The van der Waals surface area contributed by atoms with Crippen molar-refractivity contribution in [2.24, 2.45) is 0 Å². The van der Waals surface area contributed by atoms with Gasteiger partial charge in [0, 0.05) is 0 Å². The Morgan fingerprint density at radius 3 is 2.92 bits per heavy atom. The zero-order valence-electron chi connectivity index (χ0n) is 7.16. The fraction of sp³-hybridized carbons (Fsp3) is 0.333. The predicted octanol–water partition coefficient (Wildman–Crippen LogP) is 1.52. The van der Waals surface area contributed by atoms with Gasteiger partial charge in [0.15, 0.2) is 0 Å². The zero-order chi connectivity index (χ0) is 8.97. The summed E-state index contributed by atoms with van der Waals surface area (Å²) in [4.78, 5) is 3.95. The quantitative estimate of drug-likeness (QED) is 0.662. The maximum atomic E-state index is 8.66. The Morgan fingerprint density at radius 1 is 1.67 bits per heavy atom. The monoisotopic (exact) mass is 162 g/mol. The summed E-state index contributed by atoms with van der Waals surface area (Å²) < 4.78 is 4.98. The number of hydrogen-bond acceptors (Lipinski definition) is 3. The smallest absolute Gasteiger partial charge is 0.143 e. The van der Waals surface area contributed by atoms with Gasteiger partial charge < -0.3 is 4.74 Å². The van der Waals surface area contributed by atoms with Gasteiger partial charge in [0.1, 0.15) is 17.5 Å². The van der Waals surface area contributed by atoms with E-state index in [9.17, 15) is 0 Å². The first-order chi connectivity index (χ1) is 5.81. The molecule has 0 saturated carbocycles. The van der Waals surface area contributed by atoms with E-state index in [1.807, 2.05) is 19.1 Å². The number of aromatic nitrogens is 1. The summed E-state index contributed by atoms with van der Waals surface area (Å²) in [6.45, 7) is 1.98. The second kappa shape index (κ2) is 3.72. The number of ether oxygens (including phenoxy) is 1. The van der Waals surface area contributed by atoms with E-state index in [0.717, 1.165) is 12.0 Å². The van der Waals surface area contributed by atoms with E-state index in [-0.39, 0.29) is 0 Å². The van der Waals surface area contributed by atoms with Gasteiger partial charge in [-0.3, -0.25) is 0 Å². The molecule has 1 heterocycles. The van der Waals surface area contributed by atoms with Crippen LogP contribution in [0.2, 0.25) is 0 Å². The summed E-state index contributed by atoms with van der Waals surface area (Å²) in [7, 11) is 1.59. The molecule has 0 fully saturated rings. The maximum absolute atomic E-state index is 8.66. The van der Waals surface area contributed by atoms with Gasteiger partial charge in [-0.1, -0.05) is 6.92 Å². The molecule has 0 atom stereocenters. The summed E-state index contributed by atoms with van der Waals surface area (Å²) in [5.41, 5.74) is 1.41. The predicted molar refractivity (Wildman–Crippen MR) is 44.9 cm³/mol. The Bertz CT molecular complexity index is 315. The van der Waals surface area contributed by atoms with Crippen LogP contribution >= 0.6 is 0 Å². The van der Waals surface area contributed by atoms with Gasteiger partial charge in [0.25, 0.3) is 0 Å². The summed E-state index contributed by atoms with van der Waals surface area (Å²) in [5.74, 6) is 0.700. The highest BCUT2D eigenvalue weighted by atomic mass is 16.5. The van der Waals surface area contributed by atoms with Gasteiger partial charge in [-0.15, -0.1) is 0 Å². The van der Waals surface area contributed by atoms with Crippen LogP contribution in [0.5, 0.6) is 5.75 Å². The van der Waals surface area contributed by atoms with Crippen molar-refractivity contribution in [2.45, 2.75) is 13.3 Å². The van der Waals surface area contributed by atoms with E-state index < -0.39 is 0 Å². The first-order valence-corrected chi connectivity index (χ1v) is 3.74. The van der Waals surface area contributed by atoms with Crippen LogP contribution in [0.1, 0.15) is 18.2 Å². The lowest BCUT2D eigenvalue weighted by molar-refractivity contribution is 0.412. The van der Waals surface area contributed by atoms with Crippen molar-refractivity contribution in [2.75, 3.05) is 7.11 Å². The van der Waals surface area contributed by atoms with Crippen LogP contribution in [0.15, 0.2) is 12.3 Å². The number of aryl methyl sites for hydroxylation is 1. The third-order valence-corrected chi connectivity index (χ3v) is 1.66. The second-order valence-corrected chi connectivity index (χ2v) is 2.35. The lowest BCUT2D eigenvalue weighted by Crippen LogP contribution is -1.93. The van der Waals surface area contributed by atoms with E-state index in [4.69, 9.17) is 10.00 Å². The molecular formula is C9H10N2O. The molecule has 1 aromatic rings. The highest BCUT2D eigenvalue weighted by Gasteiger charge is 2.02. The highest BCUT2D eigenvalue weighted by Crippen LogP contribution is 2.14. The Morgan fingerprint density at radius 2 is 2.42 bits per heavy atom. The molecule has 3 heteroatoms. The minimum atomic E-state index is 0.485. The van der Waals surface area contributed by atoms with E-state index >= 15 is 0 Å². The lowest BCUT2D eigenvalue weighted by Gasteiger charge is -2.02. The fourth-order valence-corrected chi connectivity index (χ4v) is 0.970. The molecule has 0 aliphatic heterocycles. The Kier molecular flexibility index (Phi) is 2.65. The van der Waals surface area contributed by atoms with Crippen LogP contribution in [-0.2, 0) is 6.42 Å². The van der Waals surface area contributed by atoms with Crippen molar-refractivity contribution in [1.82, 2.24) is 4.98 Å². The zero-order valence-corrected chi connectivity index (χ0v) is 7.16. The minimum Gasteiger partial charge on any atom is -0.495 e. The van der Waals surface area contributed by atoms with Crippen molar-refractivity contribution in [1.29, 1.82) is 5.26 Å². The molecule has 0 unspecified atom stereocenters. The van der Waals surface area contributed by atoms with Crippen molar-refractivity contribution in [3.05, 3.63) is 23.5 Å². The van der Waals surface area contributed by atoms with Crippen molar-refractivity contribution >= 4 is 0 Å². The van der Waals surface area contributed by atoms with E-state index in [0.29, 0.717) is 11.4 Å². The molecular weight excluding hydrogens is 152 g/mol. The molecule has 62 valence electrons. The van der Waals surface area contributed by atoms with Gasteiger partial charge in [0.05, 0.1) is 13.3 Å². The molecule has 0 amide bonds. The van der Waals surface area contributed by atoms with Gasteiger partial charge in [-0.05, 0) is 18.1 Å². The van der Waals surface area contributed by atoms with Crippen LogP contribution in [0.4, 0.5) is 0 Å². The van der Waals surface area contributed by atoms with Crippen LogP contribution in [0.3, 0.4) is 0 Å². The molecule has 0 radical (unpaired) electrons. The molecule has 3 nitrogen and oxygen atoms in total. The van der Waals surface area contributed by atoms with Crippen LogP contribution in [0.25, 0.3) is 0 Å². The maximum Gasteiger partial charge on any atom is 0.143 e. The Balaban J connectivity index is 3.13. The molecule has 0 aliphatic rings. The van der Waals surface area contributed by atoms with Gasteiger partial charge >= 0.3 is 0 Å². The summed E-state index contributed by atoms with van der Waals surface area (Å²) in [6, 6.07) is 3.87. The minimum absolute atomic E-state index is 0.485. The van der Waals surface area contributed by atoms with Crippen molar-refractivity contribution in [3.63, 3.8) is 0 Å². The molecule has 1 rings (SSSR count). The summed E-state index contributed by atoms with van der Waals surface area (Å²) in [5, 5.41) is 8.66. The van der Waals surface area contributed by atoms with Crippen LogP contribution in [0, 0.1) is 11.3 Å². The molecule has 0 aromatic carbocycles.